The number of carbonyl (C=O) groups excluding carboxylic acids is 1. The van der Waals surface area contributed by atoms with Gasteiger partial charge in [-0.2, -0.15) is 0 Å². The van der Waals surface area contributed by atoms with Crippen LogP contribution in [0.1, 0.15) is 59.3 Å². The first-order valence-corrected chi connectivity index (χ1v) is 12.7. The molecule has 1 saturated heterocycles. The second kappa shape index (κ2) is 11.1. The third-order valence-electron chi connectivity index (χ3n) is 7.35. The zero-order chi connectivity index (χ0) is 24.2. The second-order valence-electron chi connectivity index (χ2n) is 9.75. The number of carbonyl (C=O) groups is 1. The van der Waals surface area contributed by atoms with Gasteiger partial charge in [-0.05, 0) is 87.5 Å². The first-order chi connectivity index (χ1) is 16.4. The molecule has 0 aliphatic carbocycles. The molecule has 3 atom stereocenters. The average molecular weight is 486 g/mol. The van der Waals surface area contributed by atoms with Crippen LogP contribution in [0.15, 0.2) is 36.4 Å². The van der Waals surface area contributed by atoms with Gasteiger partial charge in [0.1, 0.15) is 5.75 Å². The minimum absolute atomic E-state index is 0.0643. The second-order valence-corrected chi connectivity index (χ2v) is 10.2. The van der Waals surface area contributed by atoms with E-state index >= 15 is 0 Å². The molecule has 0 aromatic heterocycles. The maximum absolute atomic E-state index is 12.4. The van der Waals surface area contributed by atoms with Crippen molar-refractivity contribution >= 4 is 17.5 Å². The molecule has 2 aliphatic rings. The van der Waals surface area contributed by atoms with Crippen LogP contribution in [-0.4, -0.2) is 54.2 Å². The van der Waals surface area contributed by atoms with Crippen molar-refractivity contribution in [1.29, 1.82) is 0 Å². The molecule has 7 heteroatoms. The molecule has 4 N–H and O–H groups in total. The van der Waals surface area contributed by atoms with Crippen LogP contribution in [0.3, 0.4) is 0 Å². The maximum Gasteiger partial charge on any atom is 0.251 e. The molecule has 0 saturated carbocycles. The van der Waals surface area contributed by atoms with Gasteiger partial charge in [0.25, 0.3) is 5.91 Å². The number of ether oxygens (including phenoxy) is 1. The van der Waals surface area contributed by atoms with Crippen molar-refractivity contribution in [3.63, 3.8) is 0 Å². The summed E-state index contributed by atoms with van der Waals surface area (Å²) >= 11 is 5.91. The lowest BCUT2D eigenvalue weighted by Gasteiger charge is -2.40. The van der Waals surface area contributed by atoms with Crippen LogP contribution in [0, 0.1) is 12.8 Å². The van der Waals surface area contributed by atoms with Crippen molar-refractivity contribution in [2.45, 2.75) is 57.8 Å². The summed E-state index contributed by atoms with van der Waals surface area (Å²) in [6.45, 7) is 7.40. The normalized spacial score (nSPS) is 22.2. The quantitative estimate of drug-likeness (QED) is 0.546. The average Bonchev–Trinajstić information content (AvgIpc) is 2.85. The number of aromatic hydroxyl groups is 1. The predicted molar refractivity (Wildman–Crippen MR) is 135 cm³/mol. The smallest absolute Gasteiger partial charge is 0.251 e. The molecule has 1 fully saturated rings. The summed E-state index contributed by atoms with van der Waals surface area (Å²) in [7, 11) is 0. The van der Waals surface area contributed by atoms with E-state index in [1.807, 2.05) is 19.1 Å². The van der Waals surface area contributed by atoms with Crippen LogP contribution in [0.5, 0.6) is 5.75 Å². The molecule has 34 heavy (non-hydrogen) atoms. The summed E-state index contributed by atoms with van der Waals surface area (Å²) in [4.78, 5) is 14.9. The van der Waals surface area contributed by atoms with E-state index in [1.54, 1.807) is 24.3 Å². The molecule has 6 nitrogen and oxygen atoms in total. The third-order valence-corrected chi connectivity index (χ3v) is 7.60. The molecule has 0 spiro atoms. The lowest BCUT2D eigenvalue weighted by atomic mass is 9.83. The minimum Gasteiger partial charge on any atom is -0.507 e. The van der Waals surface area contributed by atoms with Crippen molar-refractivity contribution in [3.8, 4) is 5.75 Å². The molecule has 4 rings (SSSR count). The summed E-state index contributed by atoms with van der Waals surface area (Å²) in [6.07, 6.45) is 3.72. The molecule has 0 radical (unpaired) electrons. The van der Waals surface area contributed by atoms with Gasteiger partial charge in [0.15, 0.2) is 0 Å². The number of hydrogen-bond donors (Lipinski definition) is 3. The minimum atomic E-state index is -0.150. The Labute approximate surface area is 207 Å². The summed E-state index contributed by atoms with van der Waals surface area (Å²) in [6, 6.07) is 11.0. The first-order valence-electron chi connectivity index (χ1n) is 12.3. The fourth-order valence-electron chi connectivity index (χ4n) is 5.18. The number of halogens is 1. The van der Waals surface area contributed by atoms with Gasteiger partial charge in [0.2, 0.25) is 0 Å². The van der Waals surface area contributed by atoms with Crippen molar-refractivity contribution in [1.82, 2.24) is 10.2 Å². The molecule has 1 amide bonds. The number of amides is 1. The van der Waals surface area contributed by atoms with Gasteiger partial charge in [-0.15, -0.1) is 0 Å². The van der Waals surface area contributed by atoms with Crippen LogP contribution in [-0.2, 0) is 11.2 Å². The van der Waals surface area contributed by atoms with Crippen LogP contribution < -0.4 is 11.1 Å². The molecular weight excluding hydrogens is 450 g/mol. The van der Waals surface area contributed by atoms with Crippen LogP contribution in [0.2, 0.25) is 5.02 Å². The molecule has 1 unspecified atom stereocenters. The number of fused-ring (bicyclic) bond motifs is 1. The van der Waals surface area contributed by atoms with Crippen LogP contribution >= 0.6 is 11.6 Å². The standard InChI is InChI=1S/C27H36ClN3O3/c1-17-3-8-22-23(26(17)32)15-24(34-25(22)16-29)19-10-13-31(14-11-19)12-9-18(2)30-27(33)20-4-6-21(28)7-5-20/h3-8,18-19,24-25,32H,9-16,29H2,1-2H3,(H,30,33)/t18?,24-,25-/m0/s1. The third kappa shape index (κ3) is 5.74. The zero-order valence-electron chi connectivity index (χ0n) is 20.1. The highest BCUT2D eigenvalue weighted by Gasteiger charge is 2.35. The molecule has 2 aromatic rings. The maximum atomic E-state index is 12.4. The Balaban J connectivity index is 1.25. The Morgan fingerprint density at radius 3 is 2.62 bits per heavy atom. The fraction of sp³-hybridized carbons (Fsp3) is 0.519. The Morgan fingerprint density at radius 2 is 1.94 bits per heavy atom. The zero-order valence-corrected chi connectivity index (χ0v) is 20.9. The predicted octanol–water partition coefficient (Wildman–Crippen LogP) is 4.22. The van der Waals surface area contributed by atoms with E-state index in [2.05, 4.69) is 17.1 Å². The Kier molecular flexibility index (Phi) is 8.14. The van der Waals surface area contributed by atoms with Crippen molar-refractivity contribution in [3.05, 3.63) is 63.7 Å². The van der Waals surface area contributed by atoms with Crippen LogP contribution in [0.25, 0.3) is 0 Å². The Morgan fingerprint density at radius 1 is 1.24 bits per heavy atom. The lowest BCUT2D eigenvalue weighted by Crippen LogP contribution is -2.43. The number of hydrogen-bond acceptors (Lipinski definition) is 5. The SMILES string of the molecule is Cc1ccc2c(c1O)C[C@@H](C1CCN(CCC(C)NC(=O)c3ccc(Cl)cc3)CC1)O[C@H]2CN. The lowest BCUT2D eigenvalue weighted by molar-refractivity contribution is -0.0647. The van der Waals surface area contributed by atoms with Crippen molar-refractivity contribution < 1.29 is 14.6 Å². The Bertz CT molecular complexity index is 989. The summed E-state index contributed by atoms with van der Waals surface area (Å²) in [5.41, 5.74) is 9.60. The van der Waals surface area contributed by atoms with E-state index in [1.165, 1.54) is 0 Å². The number of benzene rings is 2. The monoisotopic (exact) mass is 485 g/mol. The van der Waals surface area contributed by atoms with Gasteiger partial charge in [-0.3, -0.25) is 4.79 Å². The number of aryl methyl sites for hydroxylation is 1. The Hall–Kier alpha value is -2.12. The van der Waals surface area contributed by atoms with Gasteiger partial charge in [0, 0.05) is 41.7 Å². The molecule has 2 aromatic carbocycles. The topological polar surface area (TPSA) is 87.8 Å². The first kappa shape index (κ1) is 25.0. The largest absolute Gasteiger partial charge is 0.507 e. The van der Waals surface area contributed by atoms with Gasteiger partial charge in [-0.1, -0.05) is 23.7 Å². The summed E-state index contributed by atoms with van der Waals surface area (Å²) < 4.78 is 6.41. The molecule has 2 heterocycles. The number of piperidine rings is 1. The summed E-state index contributed by atoms with van der Waals surface area (Å²) in [5, 5.41) is 14.4. The van der Waals surface area contributed by atoms with Crippen molar-refractivity contribution in [2.24, 2.45) is 11.7 Å². The molecule has 2 aliphatic heterocycles. The van der Waals surface area contributed by atoms with E-state index in [-0.39, 0.29) is 24.2 Å². The summed E-state index contributed by atoms with van der Waals surface area (Å²) in [5.74, 6) is 0.794. The van der Waals surface area contributed by atoms with Gasteiger partial charge < -0.3 is 25.8 Å². The van der Waals surface area contributed by atoms with E-state index in [0.717, 1.165) is 62.0 Å². The van der Waals surface area contributed by atoms with Crippen molar-refractivity contribution in [2.75, 3.05) is 26.2 Å². The molecule has 0 bridgehead atoms. The van der Waals surface area contributed by atoms with E-state index in [9.17, 15) is 9.90 Å². The number of nitrogens with one attached hydrogen (secondary N) is 1. The number of phenols is 1. The highest BCUT2D eigenvalue weighted by molar-refractivity contribution is 6.30. The number of rotatable bonds is 7. The van der Waals surface area contributed by atoms with Gasteiger partial charge in [-0.25, -0.2) is 0 Å². The van der Waals surface area contributed by atoms with E-state index in [4.69, 9.17) is 22.1 Å². The van der Waals surface area contributed by atoms with Gasteiger partial charge >= 0.3 is 0 Å². The highest BCUT2D eigenvalue weighted by atomic mass is 35.5. The van der Waals surface area contributed by atoms with Gasteiger partial charge in [0.05, 0.1) is 12.2 Å². The molecular formula is C27H36ClN3O3. The number of phenolic OH excluding ortho intramolecular Hbond substituents is 1. The van der Waals surface area contributed by atoms with E-state index < -0.39 is 0 Å². The van der Waals surface area contributed by atoms with E-state index in [0.29, 0.717) is 28.8 Å². The highest BCUT2D eigenvalue weighted by Crippen LogP contribution is 2.40. The number of nitrogens with zero attached hydrogens (tertiary/aromatic N) is 1. The molecule has 184 valence electrons. The van der Waals surface area contributed by atoms with Crippen LogP contribution in [0.4, 0.5) is 0 Å². The number of likely N-dealkylation sites (tertiary alicyclic amines) is 1. The number of nitrogens with two attached hydrogens (primary N) is 1. The fourth-order valence-corrected chi connectivity index (χ4v) is 5.31.